The lowest BCUT2D eigenvalue weighted by molar-refractivity contribution is 0.948. The van der Waals surface area contributed by atoms with E-state index in [9.17, 15) is 4.79 Å². The Bertz CT molecular complexity index is 789. The first-order valence-electron chi connectivity index (χ1n) is 5.95. The summed E-state index contributed by atoms with van der Waals surface area (Å²) in [6.07, 6.45) is 0.722. The number of halogens is 1. The molecular formula is C14H11ClN2OS. The lowest BCUT2D eigenvalue weighted by Crippen LogP contribution is -2.10. The molecule has 0 amide bonds. The van der Waals surface area contributed by atoms with Crippen molar-refractivity contribution in [3.8, 4) is 11.1 Å². The zero-order valence-electron chi connectivity index (χ0n) is 10.2. The topological polar surface area (TPSA) is 45.8 Å². The minimum absolute atomic E-state index is 0.0759. The molecule has 0 saturated heterocycles. The first-order valence-corrected chi connectivity index (χ1v) is 7.21. The van der Waals surface area contributed by atoms with Crippen molar-refractivity contribution in [3.05, 3.63) is 50.8 Å². The highest BCUT2D eigenvalue weighted by Gasteiger charge is 2.12. The van der Waals surface area contributed by atoms with E-state index in [1.807, 2.05) is 36.6 Å². The van der Waals surface area contributed by atoms with Gasteiger partial charge < -0.3 is 4.98 Å². The van der Waals surface area contributed by atoms with E-state index in [1.54, 1.807) is 0 Å². The van der Waals surface area contributed by atoms with Gasteiger partial charge in [-0.2, -0.15) is 0 Å². The summed E-state index contributed by atoms with van der Waals surface area (Å²) in [7, 11) is 0. The van der Waals surface area contributed by atoms with Crippen molar-refractivity contribution in [1.29, 1.82) is 0 Å². The number of aromatic nitrogens is 2. The Hall–Kier alpha value is -1.65. The molecule has 0 aliphatic rings. The van der Waals surface area contributed by atoms with Crippen LogP contribution in [0.25, 0.3) is 21.3 Å². The number of rotatable bonds is 2. The normalized spacial score (nSPS) is 11.1. The van der Waals surface area contributed by atoms with Gasteiger partial charge in [-0.15, -0.1) is 11.3 Å². The number of aromatic amines is 1. The van der Waals surface area contributed by atoms with Crippen LogP contribution in [-0.2, 0) is 6.42 Å². The molecule has 0 bridgehead atoms. The molecule has 3 nitrogen and oxygen atoms in total. The van der Waals surface area contributed by atoms with Gasteiger partial charge in [0, 0.05) is 22.4 Å². The van der Waals surface area contributed by atoms with Crippen LogP contribution >= 0.6 is 22.9 Å². The van der Waals surface area contributed by atoms with E-state index in [4.69, 9.17) is 11.6 Å². The molecule has 0 fully saturated rings. The van der Waals surface area contributed by atoms with Crippen LogP contribution in [0.2, 0.25) is 5.02 Å². The number of benzene rings is 1. The lowest BCUT2D eigenvalue weighted by Gasteiger charge is -2.00. The molecule has 3 rings (SSSR count). The minimum atomic E-state index is -0.0759. The van der Waals surface area contributed by atoms with Gasteiger partial charge in [0.05, 0.1) is 5.39 Å². The fourth-order valence-corrected chi connectivity index (χ4v) is 3.10. The van der Waals surface area contributed by atoms with Crippen LogP contribution in [0.4, 0.5) is 0 Å². The first kappa shape index (κ1) is 12.4. The number of thiophene rings is 1. The second kappa shape index (κ2) is 4.79. The Morgan fingerprint density at radius 3 is 2.74 bits per heavy atom. The second-order valence-corrected chi connectivity index (χ2v) is 5.50. The molecule has 0 saturated carbocycles. The van der Waals surface area contributed by atoms with Gasteiger partial charge in [0.2, 0.25) is 0 Å². The van der Waals surface area contributed by atoms with Crippen molar-refractivity contribution in [2.45, 2.75) is 13.3 Å². The van der Waals surface area contributed by atoms with Crippen molar-refractivity contribution in [2.24, 2.45) is 0 Å². The highest BCUT2D eigenvalue weighted by atomic mass is 35.5. The molecule has 3 aromatic rings. The number of aryl methyl sites for hydroxylation is 1. The standard InChI is InChI=1S/C14H11ClN2OS/c1-2-11-16-13(18)12-10(7-19-14(12)17-11)8-3-5-9(15)6-4-8/h3-7H,2H2,1H3,(H,16,17,18). The molecule has 96 valence electrons. The monoisotopic (exact) mass is 290 g/mol. The lowest BCUT2D eigenvalue weighted by atomic mass is 10.1. The highest BCUT2D eigenvalue weighted by Crippen LogP contribution is 2.31. The van der Waals surface area contributed by atoms with E-state index in [0.29, 0.717) is 10.4 Å². The molecule has 19 heavy (non-hydrogen) atoms. The summed E-state index contributed by atoms with van der Waals surface area (Å²) in [5.74, 6) is 0.724. The smallest absolute Gasteiger partial charge is 0.260 e. The van der Waals surface area contributed by atoms with Gasteiger partial charge in [0.1, 0.15) is 10.7 Å². The summed E-state index contributed by atoms with van der Waals surface area (Å²) in [4.78, 5) is 20.2. The van der Waals surface area contributed by atoms with Crippen molar-refractivity contribution in [3.63, 3.8) is 0 Å². The van der Waals surface area contributed by atoms with Gasteiger partial charge >= 0.3 is 0 Å². The highest BCUT2D eigenvalue weighted by molar-refractivity contribution is 7.17. The van der Waals surface area contributed by atoms with E-state index in [2.05, 4.69) is 9.97 Å². The number of fused-ring (bicyclic) bond motifs is 1. The summed E-state index contributed by atoms with van der Waals surface area (Å²) in [6, 6.07) is 7.47. The van der Waals surface area contributed by atoms with Crippen molar-refractivity contribution < 1.29 is 0 Å². The van der Waals surface area contributed by atoms with Gasteiger partial charge in [-0.3, -0.25) is 4.79 Å². The molecule has 1 aromatic carbocycles. The Morgan fingerprint density at radius 2 is 2.05 bits per heavy atom. The Kier molecular flexibility index (Phi) is 3.12. The maximum Gasteiger partial charge on any atom is 0.260 e. The van der Waals surface area contributed by atoms with Crippen molar-refractivity contribution >= 4 is 33.2 Å². The van der Waals surface area contributed by atoms with Gasteiger partial charge in [-0.25, -0.2) is 4.98 Å². The number of hydrogen-bond acceptors (Lipinski definition) is 3. The maximum atomic E-state index is 12.2. The quantitative estimate of drug-likeness (QED) is 0.779. The van der Waals surface area contributed by atoms with Gasteiger partial charge in [-0.1, -0.05) is 30.7 Å². The van der Waals surface area contributed by atoms with E-state index in [-0.39, 0.29) is 5.56 Å². The van der Waals surface area contributed by atoms with Crippen LogP contribution in [-0.4, -0.2) is 9.97 Å². The zero-order chi connectivity index (χ0) is 13.4. The first-order chi connectivity index (χ1) is 9.19. The van der Waals surface area contributed by atoms with Crippen LogP contribution in [0.3, 0.4) is 0 Å². The number of H-pyrrole nitrogens is 1. The molecule has 0 aliphatic carbocycles. The predicted molar refractivity (Wildman–Crippen MR) is 80.1 cm³/mol. The van der Waals surface area contributed by atoms with E-state index >= 15 is 0 Å². The third-order valence-electron chi connectivity index (χ3n) is 2.98. The number of nitrogens with one attached hydrogen (secondary N) is 1. The molecule has 0 radical (unpaired) electrons. The van der Waals surface area contributed by atoms with Gasteiger partial charge in [0.25, 0.3) is 5.56 Å². The maximum absolute atomic E-state index is 12.2. The molecule has 0 atom stereocenters. The molecule has 1 N–H and O–H groups in total. The third-order valence-corrected chi connectivity index (χ3v) is 4.11. The number of nitrogens with zero attached hydrogens (tertiary/aromatic N) is 1. The average Bonchev–Trinajstić information content (AvgIpc) is 2.84. The summed E-state index contributed by atoms with van der Waals surface area (Å²) in [5.41, 5.74) is 1.81. The fourth-order valence-electron chi connectivity index (χ4n) is 2.00. The Morgan fingerprint density at radius 1 is 1.32 bits per heavy atom. The largest absolute Gasteiger partial charge is 0.310 e. The molecule has 5 heteroatoms. The minimum Gasteiger partial charge on any atom is -0.310 e. The van der Waals surface area contributed by atoms with Crippen LogP contribution in [0, 0.1) is 0 Å². The molecule has 0 spiro atoms. The van der Waals surface area contributed by atoms with Crippen LogP contribution in [0.5, 0.6) is 0 Å². The second-order valence-electron chi connectivity index (χ2n) is 4.20. The van der Waals surface area contributed by atoms with Crippen molar-refractivity contribution in [1.82, 2.24) is 9.97 Å². The molecular weight excluding hydrogens is 280 g/mol. The van der Waals surface area contributed by atoms with E-state index < -0.39 is 0 Å². The van der Waals surface area contributed by atoms with E-state index in [0.717, 1.165) is 28.2 Å². The van der Waals surface area contributed by atoms with Crippen LogP contribution in [0.15, 0.2) is 34.4 Å². The predicted octanol–water partition coefficient (Wildman–Crippen LogP) is 3.87. The van der Waals surface area contributed by atoms with Crippen LogP contribution in [0.1, 0.15) is 12.7 Å². The summed E-state index contributed by atoms with van der Waals surface area (Å²) >= 11 is 7.38. The summed E-state index contributed by atoms with van der Waals surface area (Å²) < 4.78 is 0. The summed E-state index contributed by atoms with van der Waals surface area (Å²) in [5, 5.41) is 3.31. The molecule has 0 aliphatic heterocycles. The van der Waals surface area contributed by atoms with Gasteiger partial charge in [0.15, 0.2) is 0 Å². The fraction of sp³-hybridized carbons (Fsp3) is 0.143. The summed E-state index contributed by atoms with van der Waals surface area (Å²) in [6.45, 7) is 1.97. The molecule has 0 unspecified atom stereocenters. The Labute approximate surface area is 118 Å². The van der Waals surface area contributed by atoms with E-state index in [1.165, 1.54) is 11.3 Å². The molecule has 2 aromatic heterocycles. The zero-order valence-corrected chi connectivity index (χ0v) is 11.8. The molecule has 2 heterocycles. The van der Waals surface area contributed by atoms with Crippen molar-refractivity contribution in [2.75, 3.05) is 0 Å². The number of hydrogen-bond donors (Lipinski definition) is 1. The third kappa shape index (κ3) is 2.17. The SMILES string of the molecule is CCc1nc2scc(-c3ccc(Cl)cc3)c2c(=O)[nH]1. The van der Waals surface area contributed by atoms with Gasteiger partial charge in [-0.05, 0) is 17.7 Å². The van der Waals surface area contributed by atoms with Crippen LogP contribution < -0.4 is 5.56 Å². The Balaban J connectivity index is 2.26. The average molecular weight is 291 g/mol.